The Hall–Kier alpha value is -2.55. The Morgan fingerprint density at radius 3 is 2.92 bits per heavy atom. The van der Waals surface area contributed by atoms with Crippen LogP contribution in [-0.2, 0) is 17.9 Å². The molecule has 3 heterocycles. The molecule has 0 spiro atoms. The highest BCUT2D eigenvalue weighted by Crippen LogP contribution is 2.13. The first-order chi connectivity index (χ1) is 11.5. The van der Waals surface area contributed by atoms with Gasteiger partial charge in [0, 0.05) is 13.1 Å². The SMILES string of the molecule is CC(C)n1cnnc1CN(C)C(=O)Cn1cnc2ccsc2c1=O. The number of thiophene rings is 1. The van der Waals surface area contributed by atoms with Crippen LogP contribution in [0.3, 0.4) is 0 Å². The van der Waals surface area contributed by atoms with Gasteiger partial charge in [-0.2, -0.15) is 0 Å². The summed E-state index contributed by atoms with van der Waals surface area (Å²) in [6, 6.07) is 2.00. The molecular weight excluding hydrogens is 328 g/mol. The number of hydrogen-bond donors (Lipinski definition) is 0. The van der Waals surface area contributed by atoms with E-state index in [2.05, 4.69) is 15.2 Å². The molecule has 0 aromatic carbocycles. The van der Waals surface area contributed by atoms with Gasteiger partial charge in [0.15, 0.2) is 5.82 Å². The van der Waals surface area contributed by atoms with Crippen LogP contribution in [0, 0.1) is 0 Å². The largest absolute Gasteiger partial charge is 0.337 e. The van der Waals surface area contributed by atoms with E-state index in [1.54, 1.807) is 19.4 Å². The summed E-state index contributed by atoms with van der Waals surface area (Å²) in [5.41, 5.74) is 0.467. The van der Waals surface area contributed by atoms with Crippen LogP contribution in [0.4, 0.5) is 0 Å². The van der Waals surface area contributed by atoms with Gasteiger partial charge in [-0.1, -0.05) is 0 Å². The molecule has 8 nitrogen and oxygen atoms in total. The molecule has 9 heteroatoms. The van der Waals surface area contributed by atoms with Gasteiger partial charge in [-0.25, -0.2) is 4.98 Å². The van der Waals surface area contributed by atoms with Crippen molar-refractivity contribution in [1.82, 2.24) is 29.2 Å². The number of hydrogen-bond acceptors (Lipinski definition) is 6. The van der Waals surface area contributed by atoms with Crippen molar-refractivity contribution in [1.29, 1.82) is 0 Å². The molecule has 0 unspecified atom stereocenters. The average molecular weight is 346 g/mol. The number of aromatic nitrogens is 5. The molecule has 3 rings (SSSR count). The Morgan fingerprint density at radius 2 is 2.17 bits per heavy atom. The number of carbonyl (C=O) groups is 1. The van der Waals surface area contributed by atoms with Crippen LogP contribution in [0.1, 0.15) is 25.7 Å². The summed E-state index contributed by atoms with van der Waals surface area (Å²) in [6.45, 7) is 4.33. The second-order valence-corrected chi connectivity index (χ2v) is 6.73. The van der Waals surface area contributed by atoms with Crippen molar-refractivity contribution in [3.05, 3.63) is 40.3 Å². The monoisotopic (exact) mass is 346 g/mol. The molecule has 0 saturated carbocycles. The zero-order valence-corrected chi connectivity index (χ0v) is 14.5. The number of likely N-dealkylation sites (N-methyl/N-ethyl adjacent to an activating group) is 1. The van der Waals surface area contributed by atoms with Crippen molar-refractivity contribution >= 4 is 27.5 Å². The maximum Gasteiger partial charge on any atom is 0.271 e. The first-order valence-corrected chi connectivity index (χ1v) is 8.40. The minimum Gasteiger partial charge on any atom is -0.337 e. The van der Waals surface area contributed by atoms with E-state index in [-0.39, 0.29) is 24.1 Å². The Morgan fingerprint density at radius 1 is 1.38 bits per heavy atom. The zero-order valence-electron chi connectivity index (χ0n) is 13.7. The fourth-order valence-electron chi connectivity index (χ4n) is 2.37. The van der Waals surface area contributed by atoms with E-state index in [1.807, 2.05) is 23.8 Å². The van der Waals surface area contributed by atoms with Crippen molar-refractivity contribution in [2.24, 2.45) is 0 Å². The van der Waals surface area contributed by atoms with E-state index in [0.29, 0.717) is 22.6 Å². The number of fused-ring (bicyclic) bond motifs is 1. The lowest BCUT2D eigenvalue weighted by atomic mass is 10.3. The maximum absolute atomic E-state index is 12.4. The molecule has 0 atom stereocenters. The van der Waals surface area contributed by atoms with Crippen molar-refractivity contribution in [3.63, 3.8) is 0 Å². The van der Waals surface area contributed by atoms with E-state index < -0.39 is 0 Å². The maximum atomic E-state index is 12.4. The summed E-state index contributed by atoms with van der Waals surface area (Å²) < 4.78 is 3.81. The van der Waals surface area contributed by atoms with E-state index in [9.17, 15) is 9.59 Å². The van der Waals surface area contributed by atoms with Crippen LogP contribution in [0.5, 0.6) is 0 Å². The third-order valence-electron chi connectivity index (χ3n) is 3.75. The molecule has 0 aliphatic rings. The van der Waals surface area contributed by atoms with E-state index in [0.717, 1.165) is 0 Å². The Labute approximate surface area is 142 Å². The molecular formula is C15H18N6O2S. The fourth-order valence-corrected chi connectivity index (χ4v) is 3.16. The average Bonchev–Trinajstić information content (AvgIpc) is 3.18. The van der Waals surface area contributed by atoms with E-state index >= 15 is 0 Å². The second-order valence-electron chi connectivity index (χ2n) is 5.81. The highest BCUT2D eigenvalue weighted by molar-refractivity contribution is 7.17. The van der Waals surface area contributed by atoms with Gasteiger partial charge in [-0.15, -0.1) is 21.5 Å². The number of rotatable bonds is 5. The molecule has 1 amide bonds. The summed E-state index contributed by atoms with van der Waals surface area (Å²) in [7, 11) is 1.68. The molecule has 0 aliphatic heterocycles. The van der Waals surface area contributed by atoms with Gasteiger partial charge < -0.3 is 9.47 Å². The second kappa shape index (κ2) is 6.52. The molecule has 0 fully saturated rings. The van der Waals surface area contributed by atoms with Crippen LogP contribution < -0.4 is 5.56 Å². The lowest BCUT2D eigenvalue weighted by molar-refractivity contribution is -0.131. The molecule has 0 saturated heterocycles. The number of carbonyl (C=O) groups excluding carboxylic acids is 1. The summed E-state index contributed by atoms with van der Waals surface area (Å²) in [5, 5.41) is 9.77. The van der Waals surface area contributed by atoms with Gasteiger partial charge in [0.2, 0.25) is 5.91 Å². The predicted molar refractivity (Wildman–Crippen MR) is 90.8 cm³/mol. The van der Waals surface area contributed by atoms with Gasteiger partial charge in [0.25, 0.3) is 5.56 Å². The summed E-state index contributed by atoms with van der Waals surface area (Å²) in [5.74, 6) is 0.521. The van der Waals surface area contributed by atoms with Crippen LogP contribution in [0.25, 0.3) is 10.2 Å². The van der Waals surface area contributed by atoms with Crippen molar-refractivity contribution in [2.45, 2.75) is 33.0 Å². The van der Waals surface area contributed by atoms with E-state index in [4.69, 9.17) is 0 Å². The smallest absolute Gasteiger partial charge is 0.271 e. The van der Waals surface area contributed by atoms with Gasteiger partial charge in [-0.05, 0) is 25.3 Å². The summed E-state index contributed by atoms with van der Waals surface area (Å²) in [4.78, 5) is 30.5. The third kappa shape index (κ3) is 3.07. The van der Waals surface area contributed by atoms with Crippen LogP contribution in [-0.4, -0.2) is 42.2 Å². The first kappa shape index (κ1) is 16.3. The lowest BCUT2D eigenvalue weighted by Crippen LogP contribution is -2.34. The standard InChI is InChI=1S/C15H18N6O2S/c1-10(2)21-9-17-18-12(21)6-19(3)13(22)7-20-8-16-11-4-5-24-14(11)15(20)23/h4-5,8-10H,6-7H2,1-3H3. The third-order valence-corrected chi connectivity index (χ3v) is 4.64. The minimum atomic E-state index is -0.193. The lowest BCUT2D eigenvalue weighted by Gasteiger charge is -2.18. The molecule has 24 heavy (non-hydrogen) atoms. The molecule has 0 radical (unpaired) electrons. The fraction of sp³-hybridized carbons (Fsp3) is 0.400. The molecule has 0 N–H and O–H groups in total. The molecule has 3 aromatic rings. The Kier molecular flexibility index (Phi) is 4.43. The molecule has 3 aromatic heterocycles. The van der Waals surface area contributed by atoms with Crippen LogP contribution in [0.2, 0.25) is 0 Å². The zero-order chi connectivity index (χ0) is 17.3. The Balaban J connectivity index is 1.75. The van der Waals surface area contributed by atoms with E-state index in [1.165, 1.54) is 27.1 Å². The van der Waals surface area contributed by atoms with Crippen molar-refractivity contribution in [3.8, 4) is 0 Å². The van der Waals surface area contributed by atoms with Crippen molar-refractivity contribution < 1.29 is 4.79 Å². The van der Waals surface area contributed by atoms with Crippen LogP contribution >= 0.6 is 11.3 Å². The topological polar surface area (TPSA) is 85.9 Å². The number of amides is 1. The van der Waals surface area contributed by atoms with Gasteiger partial charge >= 0.3 is 0 Å². The summed E-state index contributed by atoms with van der Waals surface area (Å²) >= 11 is 1.33. The van der Waals surface area contributed by atoms with Gasteiger partial charge in [0.05, 0.1) is 18.4 Å². The van der Waals surface area contributed by atoms with Crippen molar-refractivity contribution in [2.75, 3.05) is 7.05 Å². The highest BCUT2D eigenvalue weighted by Gasteiger charge is 2.16. The molecule has 0 bridgehead atoms. The first-order valence-electron chi connectivity index (χ1n) is 7.52. The predicted octanol–water partition coefficient (Wildman–Crippen LogP) is 1.29. The van der Waals surface area contributed by atoms with Crippen LogP contribution in [0.15, 0.2) is 28.9 Å². The minimum absolute atomic E-state index is 0.0496. The molecule has 126 valence electrons. The highest BCUT2D eigenvalue weighted by atomic mass is 32.1. The quantitative estimate of drug-likeness (QED) is 0.695. The molecule has 0 aliphatic carbocycles. The number of nitrogens with zero attached hydrogens (tertiary/aromatic N) is 6. The van der Waals surface area contributed by atoms with Gasteiger partial charge in [0.1, 0.15) is 17.6 Å². The Bertz CT molecular complexity index is 925. The summed E-state index contributed by atoms with van der Waals surface area (Å²) in [6.07, 6.45) is 3.07. The normalized spacial score (nSPS) is 11.3. The van der Waals surface area contributed by atoms with Gasteiger partial charge in [-0.3, -0.25) is 14.2 Å².